The van der Waals surface area contributed by atoms with Crippen molar-refractivity contribution in [3.8, 4) is 0 Å². The molecule has 0 saturated heterocycles. The van der Waals surface area contributed by atoms with Gasteiger partial charge in [-0.25, -0.2) is 0 Å². The van der Waals surface area contributed by atoms with E-state index >= 15 is 0 Å². The first-order chi connectivity index (χ1) is 10.2. The van der Waals surface area contributed by atoms with Gasteiger partial charge in [0.25, 0.3) is 0 Å². The average molecular weight is 361 g/mol. The number of aryl methyl sites for hydroxylation is 2. The first-order valence-corrected chi connectivity index (χ1v) is 7.17. The summed E-state index contributed by atoms with van der Waals surface area (Å²) in [5.41, 5.74) is 5.28. The molecule has 1 radical (unpaired) electrons. The third-order valence-corrected chi connectivity index (χ3v) is 3.18. The fourth-order valence-corrected chi connectivity index (χ4v) is 1.96. The van der Waals surface area contributed by atoms with E-state index in [1.807, 2.05) is 30.3 Å². The third kappa shape index (κ3) is 7.16. The van der Waals surface area contributed by atoms with Crippen LogP contribution in [0.4, 0.5) is 0 Å². The monoisotopic (exact) mass is 361 g/mol. The van der Waals surface area contributed by atoms with Crippen LogP contribution in [0.3, 0.4) is 0 Å². The summed E-state index contributed by atoms with van der Waals surface area (Å²) in [6, 6.07) is 30.7. The molecule has 0 saturated carbocycles. The molecule has 0 aliphatic carbocycles. The molecule has 0 nitrogen and oxygen atoms in total. The van der Waals surface area contributed by atoms with E-state index in [1.165, 1.54) is 22.3 Å². The molecule has 0 aromatic heterocycles. The van der Waals surface area contributed by atoms with Crippen molar-refractivity contribution in [1.82, 2.24) is 0 Å². The molecule has 0 unspecified atom stereocenters. The smallest absolute Gasteiger partial charge is 0 e. The Morgan fingerprint density at radius 2 is 1.32 bits per heavy atom. The summed E-state index contributed by atoms with van der Waals surface area (Å²) in [6.45, 7) is 4.16. The van der Waals surface area contributed by atoms with Gasteiger partial charge in [-0.15, -0.1) is 0 Å². The Kier molecular flexibility index (Phi) is 8.96. The minimum absolute atomic E-state index is 0. The van der Waals surface area contributed by atoms with Crippen molar-refractivity contribution in [3.05, 3.63) is 107 Å². The molecular weight excluding hydrogens is 341 g/mol. The standard InChI is InChI=1S/C14H13.C7H7.Y/c1-12-7-9-14(10-8-12)11-13-5-3-2-4-6-13;1-7-5-3-2-4-6-7;/h3-10H,11H2,1H3;2-3,5-6H,1H3;/q2*-1;. The van der Waals surface area contributed by atoms with Crippen LogP contribution in [0.25, 0.3) is 0 Å². The molecule has 0 amide bonds. The quantitative estimate of drug-likeness (QED) is 0.552. The molecule has 3 aromatic rings. The fraction of sp³-hybridized carbons (Fsp3) is 0.143. The molecule has 0 atom stereocenters. The maximum atomic E-state index is 3.03. The molecule has 0 N–H and O–H groups in total. The van der Waals surface area contributed by atoms with E-state index in [-0.39, 0.29) is 32.7 Å². The fourth-order valence-electron chi connectivity index (χ4n) is 1.96. The van der Waals surface area contributed by atoms with Crippen LogP contribution >= 0.6 is 0 Å². The van der Waals surface area contributed by atoms with Crippen LogP contribution in [0, 0.1) is 26.0 Å². The molecule has 1 heteroatoms. The SMILES string of the molecule is Cc1c[c-]ccc1.Cc1ccc(Cc2cc[c-]cc2)cc1.[Y]. The van der Waals surface area contributed by atoms with Gasteiger partial charge in [0, 0.05) is 32.7 Å². The Hall–Kier alpha value is -1.24. The van der Waals surface area contributed by atoms with Crippen molar-refractivity contribution in [2.24, 2.45) is 0 Å². The van der Waals surface area contributed by atoms with Crippen molar-refractivity contribution in [2.45, 2.75) is 20.3 Å². The zero-order valence-corrected chi connectivity index (χ0v) is 16.1. The normalized spacial score (nSPS) is 9.18. The van der Waals surface area contributed by atoms with Crippen LogP contribution in [0.2, 0.25) is 0 Å². The Balaban J connectivity index is 0.000000258. The largest absolute Gasteiger partial charge is 0.184 e. The Morgan fingerprint density at radius 1 is 0.682 bits per heavy atom. The van der Waals surface area contributed by atoms with Gasteiger partial charge >= 0.3 is 0 Å². The second-order valence-electron chi connectivity index (χ2n) is 5.15. The molecular formula is C21H20Y-2. The van der Waals surface area contributed by atoms with Gasteiger partial charge in [-0.1, -0.05) is 36.8 Å². The van der Waals surface area contributed by atoms with Crippen LogP contribution in [-0.4, -0.2) is 0 Å². The molecule has 0 heterocycles. The van der Waals surface area contributed by atoms with Crippen molar-refractivity contribution in [1.29, 1.82) is 0 Å². The van der Waals surface area contributed by atoms with Crippen molar-refractivity contribution in [3.63, 3.8) is 0 Å². The van der Waals surface area contributed by atoms with Crippen LogP contribution in [0.5, 0.6) is 0 Å². The van der Waals surface area contributed by atoms with Gasteiger partial charge in [-0.05, 0) is 18.9 Å². The molecule has 0 bridgehead atoms. The number of hydrogen-bond acceptors (Lipinski definition) is 0. The van der Waals surface area contributed by atoms with Crippen LogP contribution in [0.15, 0.2) is 72.8 Å². The second-order valence-corrected chi connectivity index (χ2v) is 5.15. The maximum Gasteiger partial charge on any atom is 0 e. The summed E-state index contributed by atoms with van der Waals surface area (Å²) in [5, 5.41) is 0. The van der Waals surface area contributed by atoms with E-state index < -0.39 is 0 Å². The third-order valence-electron chi connectivity index (χ3n) is 3.18. The minimum atomic E-state index is 0. The van der Waals surface area contributed by atoms with Gasteiger partial charge in [0.1, 0.15) is 0 Å². The van der Waals surface area contributed by atoms with Gasteiger partial charge < -0.3 is 0 Å². The second kappa shape index (κ2) is 10.5. The Labute approximate surface area is 159 Å². The summed E-state index contributed by atoms with van der Waals surface area (Å²) >= 11 is 0. The van der Waals surface area contributed by atoms with E-state index in [1.54, 1.807) is 0 Å². The number of benzene rings is 3. The minimum Gasteiger partial charge on any atom is -0.184 e. The predicted octanol–water partition coefficient (Wildman–Crippen LogP) is 5.18. The topological polar surface area (TPSA) is 0 Å². The van der Waals surface area contributed by atoms with E-state index in [9.17, 15) is 0 Å². The Bertz CT molecular complexity index is 628. The number of hydrogen-bond donors (Lipinski definition) is 0. The summed E-state index contributed by atoms with van der Waals surface area (Å²) in [6.07, 6.45) is 1.01. The van der Waals surface area contributed by atoms with Gasteiger partial charge in [-0.3, -0.25) is 0 Å². The molecule has 3 aromatic carbocycles. The molecule has 0 aliphatic rings. The average Bonchev–Trinajstić information content (AvgIpc) is 2.52. The number of rotatable bonds is 2. The zero-order valence-electron chi connectivity index (χ0n) is 13.2. The van der Waals surface area contributed by atoms with E-state index in [4.69, 9.17) is 0 Å². The first kappa shape index (κ1) is 18.8. The van der Waals surface area contributed by atoms with Crippen molar-refractivity contribution in [2.75, 3.05) is 0 Å². The molecule has 22 heavy (non-hydrogen) atoms. The first-order valence-electron chi connectivity index (χ1n) is 7.17. The van der Waals surface area contributed by atoms with E-state index in [0.29, 0.717) is 0 Å². The molecule has 0 fully saturated rings. The van der Waals surface area contributed by atoms with Crippen LogP contribution in [-0.2, 0) is 39.1 Å². The summed E-state index contributed by atoms with van der Waals surface area (Å²) in [4.78, 5) is 0. The maximum absolute atomic E-state index is 3.03. The van der Waals surface area contributed by atoms with Crippen LogP contribution < -0.4 is 0 Å². The van der Waals surface area contributed by atoms with E-state index in [2.05, 4.69) is 68.4 Å². The van der Waals surface area contributed by atoms with E-state index in [0.717, 1.165) is 6.42 Å². The summed E-state index contributed by atoms with van der Waals surface area (Å²) in [5.74, 6) is 0. The molecule has 109 valence electrons. The molecule has 0 spiro atoms. The van der Waals surface area contributed by atoms with Gasteiger partial charge in [0.15, 0.2) is 0 Å². The summed E-state index contributed by atoms with van der Waals surface area (Å²) < 4.78 is 0. The van der Waals surface area contributed by atoms with Gasteiger partial charge in [-0.2, -0.15) is 71.8 Å². The van der Waals surface area contributed by atoms with Gasteiger partial charge in [0.2, 0.25) is 0 Å². The van der Waals surface area contributed by atoms with Crippen molar-refractivity contribution >= 4 is 0 Å². The van der Waals surface area contributed by atoms with Gasteiger partial charge in [0.05, 0.1) is 0 Å². The van der Waals surface area contributed by atoms with Crippen molar-refractivity contribution < 1.29 is 32.7 Å². The predicted molar refractivity (Wildman–Crippen MR) is 89.3 cm³/mol. The summed E-state index contributed by atoms with van der Waals surface area (Å²) in [7, 11) is 0. The molecule has 3 rings (SSSR count). The zero-order chi connectivity index (χ0) is 14.9. The van der Waals surface area contributed by atoms with Crippen LogP contribution in [0.1, 0.15) is 22.3 Å². The Morgan fingerprint density at radius 3 is 1.82 bits per heavy atom. The molecule has 0 aliphatic heterocycles.